The molecule has 0 aliphatic heterocycles. The summed E-state index contributed by atoms with van der Waals surface area (Å²) < 4.78 is 13.1. The predicted molar refractivity (Wildman–Crippen MR) is 59.4 cm³/mol. The summed E-state index contributed by atoms with van der Waals surface area (Å²) in [7, 11) is 0. The number of nitrogens with two attached hydrogens (primary N) is 1. The Kier molecular flexibility index (Phi) is 2.44. The van der Waals surface area contributed by atoms with Crippen molar-refractivity contribution in [1.29, 1.82) is 0 Å². The lowest BCUT2D eigenvalue weighted by molar-refractivity contribution is 0.627. The molecule has 5 heteroatoms. The van der Waals surface area contributed by atoms with Crippen LogP contribution >= 0.6 is 0 Å². The summed E-state index contributed by atoms with van der Waals surface area (Å²) in [6.45, 7) is 1.80. The number of nitrogen functional groups attached to an aromatic ring is 1. The van der Waals surface area contributed by atoms with E-state index in [-0.39, 0.29) is 23.0 Å². The number of aromatic nitrogens is 2. The fourth-order valence-corrected chi connectivity index (χ4v) is 1.45. The molecule has 0 fully saturated rings. The Bertz CT molecular complexity index is 592. The molecule has 1 aromatic carbocycles. The van der Waals surface area contributed by atoms with Crippen LogP contribution in [-0.2, 0) is 0 Å². The lowest BCUT2D eigenvalue weighted by Gasteiger charge is -2.05. The molecule has 1 heterocycles. The zero-order chi connectivity index (χ0) is 11.7. The molecule has 2 aromatic rings. The van der Waals surface area contributed by atoms with Crippen molar-refractivity contribution >= 4 is 5.82 Å². The van der Waals surface area contributed by atoms with Crippen LogP contribution in [-0.4, -0.2) is 9.97 Å². The van der Waals surface area contributed by atoms with E-state index in [0.29, 0.717) is 5.56 Å². The van der Waals surface area contributed by atoms with Gasteiger partial charge in [0.15, 0.2) is 0 Å². The molecular weight excluding hydrogens is 209 g/mol. The van der Waals surface area contributed by atoms with Gasteiger partial charge in [0.05, 0.1) is 0 Å². The topological polar surface area (TPSA) is 71.8 Å². The fourth-order valence-electron chi connectivity index (χ4n) is 1.45. The Morgan fingerprint density at radius 3 is 2.81 bits per heavy atom. The molecule has 82 valence electrons. The Labute approximate surface area is 91.0 Å². The quantitative estimate of drug-likeness (QED) is 0.762. The molecule has 0 spiro atoms. The van der Waals surface area contributed by atoms with Gasteiger partial charge in [0, 0.05) is 11.6 Å². The first-order chi connectivity index (χ1) is 7.56. The number of H-pyrrole nitrogens is 1. The lowest BCUT2D eigenvalue weighted by atomic mass is 10.1. The number of aromatic amines is 1. The van der Waals surface area contributed by atoms with Gasteiger partial charge in [-0.05, 0) is 24.6 Å². The summed E-state index contributed by atoms with van der Waals surface area (Å²) in [5.74, 6) is 0.00934. The van der Waals surface area contributed by atoms with Crippen LogP contribution in [0.5, 0.6) is 0 Å². The van der Waals surface area contributed by atoms with E-state index in [1.165, 1.54) is 18.2 Å². The maximum absolute atomic E-state index is 13.1. The summed E-state index contributed by atoms with van der Waals surface area (Å²) in [5, 5.41) is 0. The van der Waals surface area contributed by atoms with Gasteiger partial charge < -0.3 is 10.7 Å². The monoisotopic (exact) mass is 219 g/mol. The number of nitrogens with one attached hydrogen (secondary N) is 1. The lowest BCUT2D eigenvalue weighted by Crippen LogP contribution is -2.10. The minimum Gasteiger partial charge on any atom is -0.383 e. The first-order valence-corrected chi connectivity index (χ1v) is 4.69. The second kappa shape index (κ2) is 3.77. The summed E-state index contributed by atoms with van der Waals surface area (Å²) in [5.41, 5.74) is 6.45. The van der Waals surface area contributed by atoms with Crippen LogP contribution < -0.4 is 11.3 Å². The van der Waals surface area contributed by atoms with Gasteiger partial charge in [-0.3, -0.25) is 4.79 Å². The molecule has 0 saturated carbocycles. The van der Waals surface area contributed by atoms with Gasteiger partial charge >= 0.3 is 0 Å². The van der Waals surface area contributed by atoms with Crippen LogP contribution in [0.25, 0.3) is 11.4 Å². The number of anilines is 1. The van der Waals surface area contributed by atoms with Gasteiger partial charge in [0.2, 0.25) is 0 Å². The van der Waals surface area contributed by atoms with E-state index in [9.17, 15) is 9.18 Å². The summed E-state index contributed by atoms with van der Waals surface area (Å²) >= 11 is 0. The van der Waals surface area contributed by atoms with E-state index in [0.717, 1.165) is 5.56 Å². The van der Waals surface area contributed by atoms with Crippen molar-refractivity contribution in [2.24, 2.45) is 0 Å². The largest absolute Gasteiger partial charge is 0.383 e. The SMILES string of the molecule is Cc1ccc(F)cc1-c1nc(N)cc(=O)[nH]1. The average Bonchev–Trinajstić information content (AvgIpc) is 2.20. The van der Waals surface area contributed by atoms with Gasteiger partial charge in [-0.15, -0.1) is 0 Å². The van der Waals surface area contributed by atoms with Crippen molar-refractivity contribution < 1.29 is 4.39 Å². The molecule has 0 aliphatic carbocycles. The molecule has 1 aromatic heterocycles. The number of nitrogens with zero attached hydrogens (tertiary/aromatic N) is 1. The highest BCUT2D eigenvalue weighted by atomic mass is 19.1. The number of halogens is 1. The number of benzene rings is 1. The molecular formula is C11H10FN3O. The zero-order valence-corrected chi connectivity index (χ0v) is 8.62. The Hall–Kier alpha value is -2.17. The smallest absolute Gasteiger partial charge is 0.253 e. The van der Waals surface area contributed by atoms with Crippen LogP contribution in [0.4, 0.5) is 10.2 Å². The molecule has 0 unspecified atom stereocenters. The van der Waals surface area contributed by atoms with Crippen LogP contribution in [0.2, 0.25) is 0 Å². The third-order valence-electron chi connectivity index (χ3n) is 2.22. The Balaban J connectivity index is 2.66. The van der Waals surface area contributed by atoms with Gasteiger partial charge in [-0.1, -0.05) is 6.07 Å². The number of hydrogen-bond donors (Lipinski definition) is 2. The molecule has 0 aliphatic rings. The first kappa shape index (κ1) is 10.4. The highest BCUT2D eigenvalue weighted by molar-refractivity contribution is 5.60. The molecule has 4 nitrogen and oxygen atoms in total. The molecule has 0 atom stereocenters. The van der Waals surface area contributed by atoms with E-state index in [4.69, 9.17) is 5.73 Å². The number of rotatable bonds is 1. The Morgan fingerprint density at radius 1 is 1.38 bits per heavy atom. The van der Waals surface area contributed by atoms with Gasteiger partial charge in [-0.25, -0.2) is 9.37 Å². The van der Waals surface area contributed by atoms with E-state index in [1.807, 2.05) is 0 Å². The first-order valence-electron chi connectivity index (χ1n) is 4.69. The highest BCUT2D eigenvalue weighted by Crippen LogP contribution is 2.20. The molecule has 16 heavy (non-hydrogen) atoms. The highest BCUT2D eigenvalue weighted by Gasteiger charge is 2.06. The van der Waals surface area contributed by atoms with Gasteiger partial charge in [0.25, 0.3) is 5.56 Å². The molecule has 0 radical (unpaired) electrons. The van der Waals surface area contributed by atoms with Crippen LogP contribution in [0.1, 0.15) is 5.56 Å². The molecule has 0 amide bonds. The summed E-state index contributed by atoms with van der Waals surface area (Å²) in [4.78, 5) is 17.7. The predicted octanol–water partition coefficient (Wildman–Crippen LogP) is 1.47. The molecule has 3 N–H and O–H groups in total. The Morgan fingerprint density at radius 2 is 2.12 bits per heavy atom. The zero-order valence-electron chi connectivity index (χ0n) is 8.62. The number of aryl methyl sites for hydroxylation is 1. The van der Waals surface area contributed by atoms with Gasteiger partial charge in [0.1, 0.15) is 17.5 Å². The third-order valence-corrected chi connectivity index (χ3v) is 2.22. The number of hydrogen-bond acceptors (Lipinski definition) is 3. The summed E-state index contributed by atoms with van der Waals surface area (Å²) in [6, 6.07) is 5.46. The minimum atomic E-state index is -0.384. The van der Waals surface area contributed by atoms with Crippen molar-refractivity contribution in [2.45, 2.75) is 6.92 Å². The van der Waals surface area contributed by atoms with Crippen molar-refractivity contribution in [3.63, 3.8) is 0 Å². The van der Waals surface area contributed by atoms with E-state index < -0.39 is 0 Å². The summed E-state index contributed by atoms with van der Waals surface area (Å²) in [6.07, 6.45) is 0. The average molecular weight is 219 g/mol. The minimum absolute atomic E-state index is 0.113. The maximum atomic E-state index is 13.1. The van der Waals surface area contributed by atoms with Crippen molar-refractivity contribution in [1.82, 2.24) is 9.97 Å². The third kappa shape index (κ3) is 1.93. The second-order valence-corrected chi connectivity index (χ2v) is 3.48. The standard InChI is InChI=1S/C11H10FN3O/c1-6-2-3-7(12)4-8(6)11-14-9(13)5-10(16)15-11/h2-5H,1H3,(H3,13,14,15,16). The van der Waals surface area contributed by atoms with E-state index in [2.05, 4.69) is 9.97 Å². The van der Waals surface area contributed by atoms with E-state index in [1.54, 1.807) is 13.0 Å². The molecule has 0 saturated heterocycles. The van der Waals surface area contributed by atoms with Crippen LogP contribution in [0.3, 0.4) is 0 Å². The van der Waals surface area contributed by atoms with E-state index >= 15 is 0 Å². The van der Waals surface area contributed by atoms with Crippen molar-refractivity contribution in [3.8, 4) is 11.4 Å². The normalized spacial score (nSPS) is 10.4. The van der Waals surface area contributed by atoms with Gasteiger partial charge in [-0.2, -0.15) is 0 Å². The van der Waals surface area contributed by atoms with Crippen LogP contribution in [0, 0.1) is 12.7 Å². The second-order valence-electron chi connectivity index (χ2n) is 3.48. The van der Waals surface area contributed by atoms with Crippen LogP contribution in [0.15, 0.2) is 29.1 Å². The molecule has 2 rings (SSSR count). The molecule has 0 bridgehead atoms. The maximum Gasteiger partial charge on any atom is 0.253 e. The fraction of sp³-hybridized carbons (Fsp3) is 0.0909. The van der Waals surface area contributed by atoms with Crippen molar-refractivity contribution in [3.05, 3.63) is 46.0 Å². The van der Waals surface area contributed by atoms with Crippen molar-refractivity contribution in [2.75, 3.05) is 5.73 Å².